The van der Waals surface area contributed by atoms with Crippen LogP contribution in [0.2, 0.25) is 5.02 Å². The van der Waals surface area contributed by atoms with Gasteiger partial charge in [0.2, 0.25) is 0 Å². The first-order valence-electron chi connectivity index (χ1n) is 9.98. The molecule has 0 aliphatic carbocycles. The van der Waals surface area contributed by atoms with Crippen molar-refractivity contribution < 1.29 is 4.79 Å². The molecule has 5 rings (SSSR count). The van der Waals surface area contributed by atoms with Gasteiger partial charge in [0, 0.05) is 64.3 Å². The van der Waals surface area contributed by atoms with Gasteiger partial charge in [0.25, 0.3) is 5.91 Å². The highest BCUT2D eigenvalue weighted by atomic mass is 35.5. The summed E-state index contributed by atoms with van der Waals surface area (Å²) in [5, 5.41) is 1.90. The molecule has 2 aromatic heterocycles. The molecule has 2 aromatic carbocycles. The van der Waals surface area contributed by atoms with Crippen LogP contribution in [0.1, 0.15) is 34.8 Å². The van der Waals surface area contributed by atoms with Crippen molar-refractivity contribution in [2.24, 2.45) is 0 Å². The minimum atomic E-state index is 0.117. The number of nitrogens with zero attached hydrogens (tertiary/aromatic N) is 2. The summed E-state index contributed by atoms with van der Waals surface area (Å²) in [4.78, 5) is 18.4. The lowest BCUT2D eigenvalue weighted by Crippen LogP contribution is -2.38. The Hall–Kier alpha value is -2.98. The van der Waals surface area contributed by atoms with Crippen LogP contribution in [-0.4, -0.2) is 33.4 Å². The zero-order valence-electron chi connectivity index (χ0n) is 16.0. The molecule has 0 atom stereocenters. The van der Waals surface area contributed by atoms with Crippen molar-refractivity contribution in [3.05, 3.63) is 89.3 Å². The second-order valence-electron chi connectivity index (χ2n) is 7.66. The Balaban J connectivity index is 1.25. The maximum absolute atomic E-state index is 12.9. The van der Waals surface area contributed by atoms with Gasteiger partial charge in [-0.05, 0) is 73.5 Å². The quantitative estimate of drug-likeness (QED) is 0.473. The second-order valence-corrected chi connectivity index (χ2v) is 8.10. The van der Waals surface area contributed by atoms with Crippen LogP contribution in [0, 0.1) is 0 Å². The van der Waals surface area contributed by atoms with E-state index in [-0.39, 0.29) is 5.91 Å². The largest absolute Gasteiger partial charge is 0.358 e. The van der Waals surface area contributed by atoms with E-state index in [1.165, 1.54) is 5.69 Å². The molecule has 0 saturated carbocycles. The second kappa shape index (κ2) is 7.45. The number of hydrogen-bond acceptors (Lipinski definition) is 1. The van der Waals surface area contributed by atoms with Crippen molar-refractivity contribution in [1.29, 1.82) is 0 Å². The van der Waals surface area contributed by atoms with Crippen LogP contribution in [0.5, 0.6) is 0 Å². The van der Waals surface area contributed by atoms with Gasteiger partial charge in [-0.15, -0.1) is 0 Å². The van der Waals surface area contributed by atoms with Crippen molar-refractivity contribution in [3.8, 4) is 5.69 Å². The Morgan fingerprint density at radius 3 is 2.41 bits per heavy atom. The Morgan fingerprint density at radius 2 is 1.69 bits per heavy atom. The van der Waals surface area contributed by atoms with Crippen LogP contribution < -0.4 is 0 Å². The van der Waals surface area contributed by atoms with Crippen LogP contribution in [-0.2, 0) is 0 Å². The average molecular weight is 404 g/mol. The molecule has 0 radical (unpaired) electrons. The van der Waals surface area contributed by atoms with Crippen molar-refractivity contribution in [3.63, 3.8) is 0 Å². The van der Waals surface area contributed by atoms with E-state index >= 15 is 0 Å². The maximum Gasteiger partial charge on any atom is 0.253 e. The third kappa shape index (κ3) is 3.56. The molecule has 146 valence electrons. The van der Waals surface area contributed by atoms with Gasteiger partial charge in [0.1, 0.15) is 0 Å². The van der Waals surface area contributed by atoms with Crippen LogP contribution in [0.4, 0.5) is 0 Å². The average Bonchev–Trinajstić information content (AvgIpc) is 3.43. The summed E-state index contributed by atoms with van der Waals surface area (Å²) in [7, 11) is 0. The first-order chi connectivity index (χ1) is 14.2. The molecule has 1 N–H and O–H groups in total. The molecule has 0 unspecified atom stereocenters. The predicted octanol–water partition coefficient (Wildman–Crippen LogP) is 5.63. The predicted molar refractivity (Wildman–Crippen MR) is 117 cm³/mol. The Bertz CT molecular complexity index is 1140. The van der Waals surface area contributed by atoms with Crippen LogP contribution >= 0.6 is 11.6 Å². The number of H-pyrrole nitrogens is 1. The number of aromatic nitrogens is 2. The molecule has 0 bridgehead atoms. The van der Waals surface area contributed by atoms with E-state index < -0.39 is 0 Å². The van der Waals surface area contributed by atoms with Gasteiger partial charge in [0.05, 0.1) is 0 Å². The van der Waals surface area contributed by atoms with Crippen molar-refractivity contribution >= 4 is 28.4 Å². The number of halogens is 1. The Kier molecular flexibility index (Phi) is 4.64. The highest BCUT2D eigenvalue weighted by Crippen LogP contribution is 2.31. The third-order valence-corrected chi connectivity index (χ3v) is 6.08. The molecule has 1 aliphatic rings. The number of benzene rings is 2. The van der Waals surface area contributed by atoms with E-state index in [0.717, 1.165) is 53.1 Å². The number of nitrogens with one attached hydrogen (secondary N) is 1. The molecular weight excluding hydrogens is 382 g/mol. The standard InChI is InChI=1S/C24H22ClN3O/c25-20-5-8-22-19(15-20)16-23(26-22)17-9-13-28(14-10-17)24(29)18-3-6-21(7-4-18)27-11-1-2-12-27/h1-8,11-12,15-17,26H,9-10,13-14H2. The molecule has 1 aliphatic heterocycles. The smallest absolute Gasteiger partial charge is 0.253 e. The summed E-state index contributed by atoms with van der Waals surface area (Å²) < 4.78 is 2.03. The van der Waals surface area contributed by atoms with E-state index in [1.54, 1.807) is 0 Å². The highest BCUT2D eigenvalue weighted by Gasteiger charge is 2.25. The third-order valence-electron chi connectivity index (χ3n) is 5.84. The van der Waals surface area contributed by atoms with E-state index in [9.17, 15) is 4.79 Å². The zero-order valence-corrected chi connectivity index (χ0v) is 16.8. The summed E-state index contributed by atoms with van der Waals surface area (Å²) in [6, 6.07) is 19.9. The molecule has 4 nitrogen and oxygen atoms in total. The maximum atomic E-state index is 12.9. The topological polar surface area (TPSA) is 41.0 Å². The van der Waals surface area contributed by atoms with Crippen molar-refractivity contribution in [2.45, 2.75) is 18.8 Å². The van der Waals surface area contributed by atoms with Gasteiger partial charge < -0.3 is 14.5 Å². The molecule has 29 heavy (non-hydrogen) atoms. The molecule has 1 fully saturated rings. The lowest BCUT2D eigenvalue weighted by Gasteiger charge is -2.31. The number of aromatic amines is 1. The minimum Gasteiger partial charge on any atom is -0.358 e. The molecule has 3 heterocycles. The lowest BCUT2D eigenvalue weighted by molar-refractivity contribution is 0.0712. The van der Waals surface area contributed by atoms with Gasteiger partial charge in [-0.2, -0.15) is 0 Å². The summed E-state index contributed by atoms with van der Waals surface area (Å²) in [5.74, 6) is 0.562. The van der Waals surface area contributed by atoms with E-state index in [0.29, 0.717) is 5.92 Å². The van der Waals surface area contributed by atoms with Crippen LogP contribution in [0.25, 0.3) is 16.6 Å². The summed E-state index contributed by atoms with van der Waals surface area (Å²) in [6.07, 6.45) is 5.93. The number of carbonyl (C=O) groups excluding carboxylic acids is 1. The molecule has 5 heteroatoms. The molecule has 1 amide bonds. The summed E-state index contributed by atoms with van der Waals surface area (Å²) in [5.41, 5.74) is 4.17. The number of amides is 1. The van der Waals surface area contributed by atoms with Crippen LogP contribution in [0.15, 0.2) is 73.1 Å². The number of carbonyl (C=O) groups is 1. The number of piperidine rings is 1. The van der Waals surface area contributed by atoms with Crippen molar-refractivity contribution in [2.75, 3.05) is 13.1 Å². The number of rotatable bonds is 3. The number of fused-ring (bicyclic) bond motifs is 1. The molecule has 1 saturated heterocycles. The highest BCUT2D eigenvalue weighted by molar-refractivity contribution is 6.31. The van der Waals surface area contributed by atoms with E-state index in [2.05, 4.69) is 11.1 Å². The van der Waals surface area contributed by atoms with Gasteiger partial charge >= 0.3 is 0 Å². The number of likely N-dealkylation sites (tertiary alicyclic amines) is 1. The molecule has 4 aromatic rings. The Morgan fingerprint density at radius 1 is 0.966 bits per heavy atom. The SMILES string of the molecule is O=C(c1ccc(-n2cccc2)cc1)N1CCC(c2cc3cc(Cl)ccc3[nH]2)CC1. The lowest BCUT2D eigenvalue weighted by atomic mass is 9.93. The number of hydrogen-bond donors (Lipinski definition) is 1. The fourth-order valence-electron chi connectivity index (χ4n) is 4.20. The van der Waals surface area contributed by atoms with Crippen LogP contribution in [0.3, 0.4) is 0 Å². The van der Waals surface area contributed by atoms with Gasteiger partial charge in [-0.25, -0.2) is 0 Å². The fraction of sp³-hybridized carbons (Fsp3) is 0.208. The molecule has 0 spiro atoms. The van der Waals surface area contributed by atoms with E-state index in [1.807, 2.05) is 76.5 Å². The summed E-state index contributed by atoms with van der Waals surface area (Å²) in [6.45, 7) is 1.55. The molecular formula is C24H22ClN3O. The normalized spacial score (nSPS) is 15.1. The van der Waals surface area contributed by atoms with Gasteiger partial charge in [-0.1, -0.05) is 11.6 Å². The zero-order chi connectivity index (χ0) is 19.8. The Labute approximate surface area is 174 Å². The minimum absolute atomic E-state index is 0.117. The summed E-state index contributed by atoms with van der Waals surface area (Å²) >= 11 is 6.11. The first-order valence-corrected chi connectivity index (χ1v) is 10.4. The van der Waals surface area contributed by atoms with Gasteiger partial charge in [-0.3, -0.25) is 4.79 Å². The fourth-order valence-corrected chi connectivity index (χ4v) is 4.39. The first kappa shape index (κ1) is 18.1. The monoisotopic (exact) mass is 403 g/mol. The van der Waals surface area contributed by atoms with E-state index in [4.69, 9.17) is 11.6 Å². The van der Waals surface area contributed by atoms with Crippen molar-refractivity contribution in [1.82, 2.24) is 14.5 Å². The van der Waals surface area contributed by atoms with Gasteiger partial charge in [0.15, 0.2) is 0 Å².